The van der Waals surface area contributed by atoms with Crippen molar-refractivity contribution in [1.82, 2.24) is 0 Å². The second-order valence-electron chi connectivity index (χ2n) is 4.94. The number of ketones is 1. The lowest BCUT2D eigenvalue weighted by Crippen LogP contribution is -2.14. The fourth-order valence-corrected chi connectivity index (χ4v) is 1.53. The van der Waals surface area contributed by atoms with E-state index < -0.39 is 5.97 Å². The largest absolute Gasteiger partial charge is 0.462 e. The fourth-order valence-electron chi connectivity index (χ4n) is 1.53. The highest BCUT2D eigenvalue weighted by Crippen LogP contribution is 2.07. The molecule has 20 heavy (non-hydrogen) atoms. The molecular weight excluding hydrogens is 260 g/mol. The Labute approximate surface area is 121 Å². The average molecular weight is 286 g/mol. The number of hydrogen-bond acceptors (Lipinski definition) is 5. The van der Waals surface area contributed by atoms with Crippen molar-refractivity contribution in [2.45, 2.75) is 33.1 Å². The third-order valence-corrected chi connectivity index (χ3v) is 2.59. The molecule has 0 radical (unpaired) electrons. The van der Waals surface area contributed by atoms with Crippen LogP contribution in [-0.4, -0.2) is 45.3 Å². The van der Waals surface area contributed by atoms with Crippen molar-refractivity contribution in [3.05, 3.63) is 12.2 Å². The van der Waals surface area contributed by atoms with Gasteiger partial charge in [-0.25, -0.2) is 4.79 Å². The highest BCUT2D eigenvalue weighted by atomic mass is 16.5. The smallest absolute Gasteiger partial charge is 0.333 e. The van der Waals surface area contributed by atoms with Gasteiger partial charge in [0.05, 0.1) is 19.8 Å². The van der Waals surface area contributed by atoms with Crippen LogP contribution in [0.2, 0.25) is 0 Å². The molecule has 5 nitrogen and oxygen atoms in total. The van der Waals surface area contributed by atoms with Crippen molar-refractivity contribution >= 4 is 11.8 Å². The van der Waals surface area contributed by atoms with Crippen molar-refractivity contribution in [2.24, 2.45) is 5.92 Å². The molecule has 0 aliphatic carbocycles. The van der Waals surface area contributed by atoms with E-state index in [1.165, 1.54) is 0 Å². The number of Topliss-reactive ketones (excluding diaryl/α,β-unsaturated/α-hetero) is 1. The van der Waals surface area contributed by atoms with Gasteiger partial charge >= 0.3 is 5.97 Å². The van der Waals surface area contributed by atoms with Crippen molar-refractivity contribution < 1.29 is 23.8 Å². The van der Waals surface area contributed by atoms with Crippen LogP contribution in [0.4, 0.5) is 0 Å². The minimum Gasteiger partial charge on any atom is -0.462 e. The van der Waals surface area contributed by atoms with E-state index in [1.54, 1.807) is 14.0 Å². The lowest BCUT2D eigenvalue weighted by molar-refractivity contribution is -0.139. The maximum absolute atomic E-state index is 11.7. The summed E-state index contributed by atoms with van der Waals surface area (Å²) in [6.07, 6.45) is 1.46. The molecular formula is C15H26O5. The zero-order valence-corrected chi connectivity index (χ0v) is 12.8. The third kappa shape index (κ3) is 10.7. The second kappa shape index (κ2) is 11.6. The topological polar surface area (TPSA) is 61.8 Å². The molecule has 0 aromatic rings. The Morgan fingerprint density at radius 2 is 1.90 bits per heavy atom. The number of carbonyl (C=O) groups is 2. The molecule has 0 rings (SSSR count). The van der Waals surface area contributed by atoms with E-state index >= 15 is 0 Å². The summed E-state index contributed by atoms with van der Waals surface area (Å²) in [4.78, 5) is 22.8. The molecule has 0 bridgehead atoms. The quantitative estimate of drug-likeness (QED) is 0.312. The molecule has 1 unspecified atom stereocenters. The van der Waals surface area contributed by atoms with Crippen molar-refractivity contribution in [1.29, 1.82) is 0 Å². The molecule has 0 fully saturated rings. The van der Waals surface area contributed by atoms with Crippen molar-refractivity contribution in [2.75, 3.05) is 33.5 Å². The van der Waals surface area contributed by atoms with E-state index in [0.717, 1.165) is 0 Å². The van der Waals surface area contributed by atoms with Crippen molar-refractivity contribution in [3.63, 3.8) is 0 Å². The van der Waals surface area contributed by atoms with E-state index in [4.69, 9.17) is 14.2 Å². The van der Waals surface area contributed by atoms with Crippen LogP contribution in [0.3, 0.4) is 0 Å². The minimum absolute atomic E-state index is 0.166. The molecule has 0 aliphatic heterocycles. The van der Waals surface area contributed by atoms with Gasteiger partial charge in [-0.3, -0.25) is 4.79 Å². The maximum atomic E-state index is 11.7. The van der Waals surface area contributed by atoms with E-state index in [1.807, 2.05) is 6.92 Å². The molecule has 0 saturated carbocycles. The van der Waals surface area contributed by atoms with Gasteiger partial charge in [0.1, 0.15) is 5.78 Å². The van der Waals surface area contributed by atoms with Gasteiger partial charge in [0, 0.05) is 32.1 Å². The first-order chi connectivity index (χ1) is 9.47. The van der Waals surface area contributed by atoms with Gasteiger partial charge in [-0.05, 0) is 19.3 Å². The van der Waals surface area contributed by atoms with Gasteiger partial charge in [-0.15, -0.1) is 0 Å². The normalized spacial score (nSPS) is 11.9. The Hall–Kier alpha value is -1.20. The molecule has 0 N–H and O–H groups in total. The highest BCUT2D eigenvalue weighted by Gasteiger charge is 2.10. The summed E-state index contributed by atoms with van der Waals surface area (Å²) in [5.41, 5.74) is 0.373. The second-order valence-corrected chi connectivity index (χ2v) is 4.94. The lowest BCUT2D eigenvalue weighted by atomic mass is 10.0. The number of rotatable bonds is 12. The SMILES string of the molecule is C=C(C)C(=O)OCCCC(=O)CC(C)COCCOC. The summed E-state index contributed by atoms with van der Waals surface area (Å²) < 4.78 is 15.2. The van der Waals surface area contributed by atoms with Gasteiger partial charge in [-0.1, -0.05) is 13.5 Å². The van der Waals surface area contributed by atoms with Crippen molar-refractivity contribution in [3.8, 4) is 0 Å². The Kier molecular flexibility index (Phi) is 10.9. The van der Waals surface area contributed by atoms with Crippen LogP contribution in [0.15, 0.2) is 12.2 Å². The Morgan fingerprint density at radius 3 is 2.50 bits per heavy atom. The number of ether oxygens (including phenoxy) is 3. The van der Waals surface area contributed by atoms with Gasteiger partial charge in [0.25, 0.3) is 0 Å². The van der Waals surface area contributed by atoms with Crippen LogP contribution in [0.25, 0.3) is 0 Å². The minimum atomic E-state index is -0.405. The first-order valence-electron chi connectivity index (χ1n) is 6.88. The molecule has 0 amide bonds. The van der Waals surface area contributed by atoms with Crippen LogP contribution >= 0.6 is 0 Å². The predicted octanol–water partition coefficient (Wildman–Crippen LogP) is 2.14. The van der Waals surface area contributed by atoms with Gasteiger partial charge in [0.15, 0.2) is 0 Å². The number of carbonyl (C=O) groups excluding carboxylic acids is 2. The molecule has 0 aliphatic rings. The van der Waals surface area contributed by atoms with Crippen LogP contribution in [0, 0.1) is 5.92 Å². The Balaban J connectivity index is 3.57. The van der Waals surface area contributed by atoms with Crippen LogP contribution in [-0.2, 0) is 23.8 Å². The van der Waals surface area contributed by atoms with Crippen LogP contribution in [0.5, 0.6) is 0 Å². The van der Waals surface area contributed by atoms with Gasteiger partial charge < -0.3 is 14.2 Å². The Morgan fingerprint density at radius 1 is 1.20 bits per heavy atom. The van der Waals surface area contributed by atoms with E-state index in [0.29, 0.717) is 44.7 Å². The zero-order chi connectivity index (χ0) is 15.4. The molecule has 0 aromatic heterocycles. The lowest BCUT2D eigenvalue weighted by Gasteiger charge is -2.11. The molecule has 116 valence electrons. The zero-order valence-electron chi connectivity index (χ0n) is 12.8. The first-order valence-corrected chi connectivity index (χ1v) is 6.88. The monoisotopic (exact) mass is 286 g/mol. The predicted molar refractivity (Wildman–Crippen MR) is 76.5 cm³/mol. The van der Waals surface area contributed by atoms with E-state index in [9.17, 15) is 9.59 Å². The maximum Gasteiger partial charge on any atom is 0.333 e. The highest BCUT2D eigenvalue weighted by molar-refractivity contribution is 5.86. The molecule has 0 heterocycles. The van der Waals surface area contributed by atoms with Crippen LogP contribution < -0.4 is 0 Å². The summed E-state index contributed by atoms with van der Waals surface area (Å²) >= 11 is 0. The van der Waals surface area contributed by atoms with Crippen LogP contribution in [0.1, 0.15) is 33.1 Å². The molecule has 0 spiro atoms. The molecule has 1 atom stereocenters. The van der Waals surface area contributed by atoms with E-state index in [-0.39, 0.29) is 18.3 Å². The Bertz CT molecular complexity index is 311. The third-order valence-electron chi connectivity index (χ3n) is 2.59. The van der Waals surface area contributed by atoms with E-state index in [2.05, 4.69) is 6.58 Å². The molecule has 5 heteroatoms. The summed E-state index contributed by atoms with van der Waals surface area (Å²) in [5, 5.41) is 0. The summed E-state index contributed by atoms with van der Waals surface area (Å²) in [6.45, 7) is 8.99. The standard InChI is InChI=1S/C15H26O5/c1-12(2)15(17)20-7-5-6-14(16)10-13(3)11-19-9-8-18-4/h13H,1,5-11H2,2-4H3. The summed E-state index contributed by atoms with van der Waals surface area (Å²) in [5.74, 6) is -0.0473. The van der Waals surface area contributed by atoms with Gasteiger partial charge in [0.2, 0.25) is 0 Å². The number of methoxy groups -OCH3 is 1. The number of esters is 1. The molecule has 0 aromatic carbocycles. The summed E-state index contributed by atoms with van der Waals surface area (Å²) in [7, 11) is 1.62. The fraction of sp³-hybridized carbons (Fsp3) is 0.733. The summed E-state index contributed by atoms with van der Waals surface area (Å²) in [6, 6.07) is 0. The number of hydrogen-bond donors (Lipinski definition) is 0. The molecule has 0 saturated heterocycles. The first kappa shape index (κ1) is 18.8. The average Bonchev–Trinajstić information content (AvgIpc) is 2.39. The van der Waals surface area contributed by atoms with Gasteiger partial charge in [-0.2, -0.15) is 0 Å².